The van der Waals surface area contributed by atoms with Crippen LogP contribution in [0.15, 0.2) is 11.1 Å². The van der Waals surface area contributed by atoms with Crippen molar-refractivity contribution in [1.82, 2.24) is 0 Å². The molecule has 0 atom stereocenters. The summed E-state index contributed by atoms with van der Waals surface area (Å²) in [5, 5.41) is 0. The van der Waals surface area contributed by atoms with E-state index < -0.39 is 6.09 Å². The highest BCUT2D eigenvalue weighted by Crippen LogP contribution is 2.04. The Kier molecular flexibility index (Phi) is 4.70. The maximum absolute atomic E-state index is 10.2. The summed E-state index contributed by atoms with van der Waals surface area (Å²) in [5.74, 6) is 0.452. The van der Waals surface area contributed by atoms with Crippen LogP contribution < -0.4 is 5.73 Å². The topological polar surface area (TPSA) is 52.3 Å². The second kappa shape index (κ2) is 5.02. The molecule has 4 heteroatoms. The van der Waals surface area contributed by atoms with Crippen LogP contribution in [-0.2, 0) is 4.74 Å². The summed E-state index contributed by atoms with van der Waals surface area (Å²) < 4.78 is 4.55. The monoisotopic (exact) mass is 177 g/mol. The van der Waals surface area contributed by atoms with Crippen LogP contribution in [0.1, 0.15) is 13.8 Å². The highest BCUT2D eigenvalue weighted by molar-refractivity contribution is 6.19. The molecule has 0 rings (SSSR count). The van der Waals surface area contributed by atoms with Gasteiger partial charge >= 0.3 is 6.09 Å². The van der Waals surface area contributed by atoms with Gasteiger partial charge in [0, 0.05) is 5.88 Å². The number of amides is 1. The van der Waals surface area contributed by atoms with Crippen molar-refractivity contribution in [2.24, 2.45) is 5.73 Å². The van der Waals surface area contributed by atoms with Gasteiger partial charge in [0.2, 0.25) is 0 Å². The molecule has 0 aromatic carbocycles. The van der Waals surface area contributed by atoms with Crippen LogP contribution >= 0.6 is 11.6 Å². The second-order valence-electron chi connectivity index (χ2n) is 2.30. The van der Waals surface area contributed by atoms with Crippen molar-refractivity contribution in [3.05, 3.63) is 11.1 Å². The van der Waals surface area contributed by atoms with Gasteiger partial charge in [-0.25, -0.2) is 4.79 Å². The van der Waals surface area contributed by atoms with Crippen LogP contribution in [-0.4, -0.2) is 18.6 Å². The van der Waals surface area contributed by atoms with E-state index in [1.807, 2.05) is 13.8 Å². The molecule has 11 heavy (non-hydrogen) atoms. The molecule has 0 saturated carbocycles. The lowest BCUT2D eigenvalue weighted by Crippen LogP contribution is -2.14. The summed E-state index contributed by atoms with van der Waals surface area (Å²) in [5.41, 5.74) is 6.72. The number of carbonyl (C=O) groups excluding carboxylic acids is 1. The molecule has 0 aliphatic carbocycles. The fourth-order valence-corrected chi connectivity index (χ4v) is 0.645. The molecule has 0 spiro atoms. The normalized spacial score (nSPS) is 12.3. The van der Waals surface area contributed by atoms with E-state index in [-0.39, 0.29) is 6.61 Å². The predicted molar refractivity (Wildman–Crippen MR) is 44.6 cm³/mol. The van der Waals surface area contributed by atoms with E-state index in [4.69, 9.17) is 17.3 Å². The largest absolute Gasteiger partial charge is 0.445 e. The number of nitrogens with two attached hydrogens (primary N) is 1. The Morgan fingerprint density at radius 3 is 2.36 bits per heavy atom. The number of halogens is 1. The summed E-state index contributed by atoms with van der Waals surface area (Å²) in [4.78, 5) is 10.2. The van der Waals surface area contributed by atoms with Gasteiger partial charge in [-0.15, -0.1) is 11.6 Å². The van der Waals surface area contributed by atoms with E-state index in [1.165, 1.54) is 0 Å². The second-order valence-corrected chi connectivity index (χ2v) is 2.57. The van der Waals surface area contributed by atoms with Crippen molar-refractivity contribution in [2.75, 3.05) is 12.5 Å². The number of hydrogen-bond acceptors (Lipinski definition) is 2. The fraction of sp³-hybridized carbons (Fsp3) is 0.571. The van der Waals surface area contributed by atoms with Gasteiger partial charge in [0.05, 0.1) is 0 Å². The molecule has 0 bridgehead atoms. The molecule has 0 aromatic rings. The summed E-state index contributed by atoms with van der Waals surface area (Å²) in [6.07, 6.45) is -0.758. The molecule has 2 N–H and O–H groups in total. The first kappa shape index (κ1) is 10.3. The summed E-state index contributed by atoms with van der Waals surface area (Å²) >= 11 is 5.53. The Hall–Kier alpha value is -0.700. The SMILES string of the molecule is C/C(CCl)=C(/C)COC(N)=O. The van der Waals surface area contributed by atoms with Gasteiger partial charge in [0.25, 0.3) is 0 Å². The molecule has 0 aliphatic rings. The van der Waals surface area contributed by atoms with Crippen molar-refractivity contribution in [3.63, 3.8) is 0 Å². The minimum absolute atomic E-state index is 0.230. The van der Waals surface area contributed by atoms with Gasteiger partial charge in [-0.05, 0) is 19.4 Å². The van der Waals surface area contributed by atoms with Crippen molar-refractivity contribution in [3.8, 4) is 0 Å². The Morgan fingerprint density at radius 1 is 1.45 bits per heavy atom. The number of carbonyl (C=O) groups is 1. The van der Waals surface area contributed by atoms with E-state index >= 15 is 0 Å². The summed E-state index contributed by atoms with van der Waals surface area (Å²) in [6, 6.07) is 0. The summed E-state index contributed by atoms with van der Waals surface area (Å²) in [6.45, 7) is 3.96. The molecular weight excluding hydrogens is 166 g/mol. The smallest absolute Gasteiger partial charge is 0.404 e. The minimum Gasteiger partial charge on any atom is -0.445 e. The third-order valence-corrected chi connectivity index (χ3v) is 1.76. The van der Waals surface area contributed by atoms with E-state index in [0.717, 1.165) is 11.1 Å². The molecular formula is C7H12ClNO2. The Bertz CT molecular complexity index is 177. The number of ether oxygens (including phenoxy) is 1. The molecule has 3 nitrogen and oxygen atoms in total. The predicted octanol–water partition coefficient (Wildman–Crippen LogP) is 1.66. The van der Waals surface area contributed by atoms with Gasteiger partial charge in [-0.3, -0.25) is 0 Å². The highest BCUT2D eigenvalue weighted by atomic mass is 35.5. The van der Waals surface area contributed by atoms with Crippen molar-refractivity contribution < 1.29 is 9.53 Å². The average molecular weight is 178 g/mol. The third kappa shape index (κ3) is 4.67. The molecule has 0 aromatic heterocycles. The first-order valence-electron chi connectivity index (χ1n) is 3.21. The summed E-state index contributed by atoms with van der Waals surface area (Å²) in [7, 11) is 0. The fourth-order valence-electron chi connectivity index (χ4n) is 0.417. The molecule has 0 radical (unpaired) electrons. The first-order chi connectivity index (χ1) is 5.07. The molecule has 0 heterocycles. The van der Waals surface area contributed by atoms with Crippen LogP contribution in [0.25, 0.3) is 0 Å². The van der Waals surface area contributed by atoms with E-state index in [0.29, 0.717) is 5.88 Å². The van der Waals surface area contributed by atoms with Crippen LogP contribution in [0.3, 0.4) is 0 Å². The van der Waals surface area contributed by atoms with Gasteiger partial charge in [-0.1, -0.05) is 5.57 Å². The van der Waals surface area contributed by atoms with Gasteiger partial charge in [0.15, 0.2) is 0 Å². The zero-order chi connectivity index (χ0) is 8.85. The van der Waals surface area contributed by atoms with E-state index in [1.54, 1.807) is 0 Å². The van der Waals surface area contributed by atoms with Crippen LogP contribution in [0.5, 0.6) is 0 Å². The number of rotatable bonds is 3. The standard InChI is InChI=1S/C7H12ClNO2/c1-5(3-8)6(2)4-11-7(9)10/h3-4H2,1-2H3,(H2,9,10)/b6-5+. The zero-order valence-electron chi connectivity index (χ0n) is 6.69. The lowest BCUT2D eigenvalue weighted by atomic mass is 10.2. The highest BCUT2D eigenvalue weighted by Gasteiger charge is 1.98. The third-order valence-electron chi connectivity index (χ3n) is 1.36. The minimum atomic E-state index is -0.758. The van der Waals surface area contributed by atoms with Gasteiger partial charge < -0.3 is 10.5 Å². The van der Waals surface area contributed by atoms with Crippen molar-refractivity contribution in [2.45, 2.75) is 13.8 Å². The van der Waals surface area contributed by atoms with Crippen LogP contribution in [0, 0.1) is 0 Å². The Balaban J connectivity index is 3.85. The lowest BCUT2D eigenvalue weighted by Gasteiger charge is -2.04. The number of primary amides is 1. The first-order valence-corrected chi connectivity index (χ1v) is 3.74. The van der Waals surface area contributed by atoms with Crippen LogP contribution in [0.2, 0.25) is 0 Å². The number of hydrogen-bond donors (Lipinski definition) is 1. The maximum Gasteiger partial charge on any atom is 0.404 e. The number of allylic oxidation sites excluding steroid dienone is 1. The van der Waals surface area contributed by atoms with Gasteiger partial charge in [-0.2, -0.15) is 0 Å². The zero-order valence-corrected chi connectivity index (χ0v) is 7.44. The van der Waals surface area contributed by atoms with Crippen molar-refractivity contribution in [1.29, 1.82) is 0 Å². The molecule has 1 amide bonds. The Morgan fingerprint density at radius 2 is 2.00 bits per heavy atom. The molecule has 0 unspecified atom stereocenters. The average Bonchev–Trinajstić information content (AvgIpc) is 1.98. The maximum atomic E-state index is 10.2. The van der Waals surface area contributed by atoms with Crippen molar-refractivity contribution >= 4 is 17.7 Å². The van der Waals surface area contributed by atoms with E-state index in [9.17, 15) is 4.79 Å². The van der Waals surface area contributed by atoms with Gasteiger partial charge in [0.1, 0.15) is 6.61 Å². The Labute approximate surface area is 71.2 Å². The molecule has 0 fully saturated rings. The molecule has 0 aliphatic heterocycles. The quantitative estimate of drug-likeness (QED) is 0.527. The lowest BCUT2D eigenvalue weighted by molar-refractivity contribution is 0.166. The molecule has 64 valence electrons. The van der Waals surface area contributed by atoms with Crippen LogP contribution in [0.4, 0.5) is 4.79 Å². The van der Waals surface area contributed by atoms with E-state index in [2.05, 4.69) is 4.74 Å². The molecule has 0 saturated heterocycles. The number of alkyl halides is 1.